The lowest BCUT2D eigenvalue weighted by Gasteiger charge is -2.00. The summed E-state index contributed by atoms with van der Waals surface area (Å²) in [6, 6.07) is 0. The van der Waals surface area contributed by atoms with E-state index in [1.54, 1.807) is 0 Å². The fourth-order valence-corrected chi connectivity index (χ4v) is 1.56. The molecular weight excluding hydrogens is 185 g/mol. The van der Waals surface area contributed by atoms with Gasteiger partial charge in [0.1, 0.15) is 15.9 Å². The van der Waals surface area contributed by atoms with Crippen molar-refractivity contribution < 1.29 is 4.74 Å². The lowest BCUT2D eigenvalue weighted by Crippen LogP contribution is -1.86. The van der Waals surface area contributed by atoms with Crippen molar-refractivity contribution in [3.8, 4) is 5.75 Å². The summed E-state index contributed by atoms with van der Waals surface area (Å²) in [7, 11) is 0. The zero-order valence-corrected chi connectivity index (χ0v) is 7.11. The molecule has 4 heteroatoms. The SMILES string of the molecule is Clc1cnc(Cl)c2c1OCC2. The third kappa shape index (κ3) is 1.06. The summed E-state index contributed by atoms with van der Waals surface area (Å²) in [5.74, 6) is 0.701. The molecule has 2 rings (SSSR count). The van der Waals surface area contributed by atoms with Gasteiger partial charge in [-0.15, -0.1) is 0 Å². The standard InChI is InChI=1S/C7H5Cl2NO/c8-5-3-10-7(9)4-1-2-11-6(4)5/h3H,1-2H2. The molecule has 1 aromatic heterocycles. The molecule has 0 unspecified atom stereocenters. The van der Waals surface area contributed by atoms with Crippen molar-refractivity contribution in [3.05, 3.63) is 21.9 Å². The van der Waals surface area contributed by atoms with Gasteiger partial charge in [-0.2, -0.15) is 0 Å². The summed E-state index contributed by atoms with van der Waals surface area (Å²) in [5.41, 5.74) is 0.930. The number of pyridine rings is 1. The first-order valence-corrected chi connectivity index (χ1v) is 4.00. The molecule has 0 aliphatic carbocycles. The Morgan fingerprint density at radius 2 is 2.27 bits per heavy atom. The van der Waals surface area contributed by atoms with E-state index in [0.29, 0.717) is 22.5 Å². The molecule has 0 amide bonds. The highest BCUT2D eigenvalue weighted by atomic mass is 35.5. The van der Waals surface area contributed by atoms with Gasteiger partial charge in [0.2, 0.25) is 0 Å². The number of rotatable bonds is 0. The van der Waals surface area contributed by atoms with Gasteiger partial charge in [0.25, 0.3) is 0 Å². The van der Waals surface area contributed by atoms with E-state index < -0.39 is 0 Å². The quantitative estimate of drug-likeness (QED) is 0.585. The zero-order valence-electron chi connectivity index (χ0n) is 5.60. The Labute approximate surface area is 74.1 Å². The van der Waals surface area contributed by atoms with Crippen LogP contribution in [0.25, 0.3) is 0 Å². The van der Waals surface area contributed by atoms with Gasteiger partial charge < -0.3 is 4.74 Å². The van der Waals surface area contributed by atoms with Crippen LogP contribution in [0.3, 0.4) is 0 Å². The molecule has 58 valence electrons. The largest absolute Gasteiger partial charge is 0.491 e. The Hall–Kier alpha value is -0.470. The van der Waals surface area contributed by atoms with Crippen molar-refractivity contribution in [3.63, 3.8) is 0 Å². The number of aromatic nitrogens is 1. The summed E-state index contributed by atoms with van der Waals surface area (Å²) in [6.45, 7) is 0.653. The van der Waals surface area contributed by atoms with Crippen LogP contribution >= 0.6 is 23.2 Å². The molecule has 0 radical (unpaired) electrons. The Bertz CT molecular complexity index is 272. The monoisotopic (exact) mass is 189 g/mol. The Morgan fingerprint density at radius 1 is 1.45 bits per heavy atom. The number of ether oxygens (including phenoxy) is 1. The lowest BCUT2D eigenvalue weighted by atomic mass is 10.2. The molecule has 0 fully saturated rings. The fraction of sp³-hybridized carbons (Fsp3) is 0.286. The molecule has 2 nitrogen and oxygen atoms in total. The van der Waals surface area contributed by atoms with Gasteiger partial charge in [0.15, 0.2) is 0 Å². The van der Waals surface area contributed by atoms with E-state index >= 15 is 0 Å². The number of hydrogen-bond donors (Lipinski definition) is 0. The molecule has 1 aliphatic rings. The van der Waals surface area contributed by atoms with Gasteiger partial charge in [-0.3, -0.25) is 0 Å². The van der Waals surface area contributed by atoms with Crippen molar-refractivity contribution in [2.75, 3.05) is 6.61 Å². The third-order valence-electron chi connectivity index (χ3n) is 1.63. The second-order valence-electron chi connectivity index (χ2n) is 2.30. The van der Waals surface area contributed by atoms with E-state index in [9.17, 15) is 0 Å². The van der Waals surface area contributed by atoms with Crippen LogP contribution in [0.2, 0.25) is 10.2 Å². The minimum absolute atomic E-state index is 0.502. The van der Waals surface area contributed by atoms with Crippen molar-refractivity contribution >= 4 is 23.2 Å². The van der Waals surface area contributed by atoms with Crippen LogP contribution in [-0.4, -0.2) is 11.6 Å². The Morgan fingerprint density at radius 3 is 3.00 bits per heavy atom. The van der Waals surface area contributed by atoms with E-state index in [-0.39, 0.29) is 0 Å². The summed E-state index contributed by atoms with van der Waals surface area (Å²) >= 11 is 11.6. The Balaban J connectivity index is 2.64. The highest BCUT2D eigenvalue weighted by Gasteiger charge is 2.19. The van der Waals surface area contributed by atoms with Gasteiger partial charge in [0, 0.05) is 12.0 Å². The van der Waals surface area contributed by atoms with Gasteiger partial charge in [0.05, 0.1) is 12.8 Å². The Kier molecular flexibility index (Phi) is 1.66. The van der Waals surface area contributed by atoms with Crippen LogP contribution in [0.5, 0.6) is 5.75 Å². The van der Waals surface area contributed by atoms with Crippen LogP contribution in [0, 0.1) is 0 Å². The summed E-state index contributed by atoms with van der Waals surface area (Å²) in [6.07, 6.45) is 2.32. The van der Waals surface area contributed by atoms with E-state index in [1.807, 2.05) is 0 Å². The van der Waals surface area contributed by atoms with Gasteiger partial charge in [-0.25, -0.2) is 4.98 Å². The maximum atomic E-state index is 5.80. The zero-order chi connectivity index (χ0) is 7.84. The molecule has 2 heterocycles. The molecule has 0 aromatic carbocycles. The van der Waals surface area contributed by atoms with Crippen molar-refractivity contribution in [1.82, 2.24) is 4.98 Å². The molecule has 1 aliphatic heterocycles. The van der Waals surface area contributed by atoms with Crippen molar-refractivity contribution in [2.45, 2.75) is 6.42 Å². The number of nitrogens with zero attached hydrogens (tertiary/aromatic N) is 1. The smallest absolute Gasteiger partial charge is 0.145 e. The average molecular weight is 190 g/mol. The van der Waals surface area contributed by atoms with E-state index in [0.717, 1.165) is 12.0 Å². The predicted molar refractivity (Wildman–Crippen MR) is 43.5 cm³/mol. The van der Waals surface area contributed by atoms with Crippen LogP contribution in [0.15, 0.2) is 6.20 Å². The molecule has 0 N–H and O–H groups in total. The molecule has 0 spiro atoms. The first-order valence-electron chi connectivity index (χ1n) is 3.24. The van der Waals surface area contributed by atoms with E-state index in [2.05, 4.69) is 4.98 Å². The van der Waals surface area contributed by atoms with E-state index in [4.69, 9.17) is 27.9 Å². The molecule has 0 bridgehead atoms. The van der Waals surface area contributed by atoms with Crippen LogP contribution in [-0.2, 0) is 6.42 Å². The lowest BCUT2D eigenvalue weighted by molar-refractivity contribution is 0.357. The predicted octanol–water partition coefficient (Wildman–Crippen LogP) is 2.32. The number of hydrogen-bond acceptors (Lipinski definition) is 2. The van der Waals surface area contributed by atoms with Crippen LogP contribution in [0.4, 0.5) is 0 Å². The minimum atomic E-state index is 0.502. The molecule has 1 aromatic rings. The first kappa shape index (κ1) is 7.19. The molecule has 11 heavy (non-hydrogen) atoms. The summed E-state index contributed by atoms with van der Waals surface area (Å²) in [4.78, 5) is 3.90. The van der Waals surface area contributed by atoms with E-state index in [1.165, 1.54) is 6.20 Å². The second-order valence-corrected chi connectivity index (χ2v) is 3.07. The number of halogens is 2. The molecule has 0 saturated heterocycles. The molecular formula is C7H5Cl2NO. The second kappa shape index (κ2) is 2.54. The topological polar surface area (TPSA) is 22.1 Å². The minimum Gasteiger partial charge on any atom is -0.491 e. The summed E-state index contributed by atoms with van der Waals surface area (Å²) < 4.78 is 5.25. The average Bonchev–Trinajstić information content (AvgIpc) is 2.45. The third-order valence-corrected chi connectivity index (χ3v) is 2.22. The first-order chi connectivity index (χ1) is 5.29. The normalized spacial score (nSPS) is 14.4. The highest BCUT2D eigenvalue weighted by molar-refractivity contribution is 6.34. The molecule has 0 saturated carbocycles. The summed E-state index contributed by atoms with van der Waals surface area (Å²) in [5, 5.41) is 1.05. The van der Waals surface area contributed by atoms with Gasteiger partial charge in [-0.05, 0) is 0 Å². The highest BCUT2D eigenvalue weighted by Crippen LogP contribution is 2.35. The van der Waals surface area contributed by atoms with Crippen molar-refractivity contribution in [1.29, 1.82) is 0 Å². The maximum absolute atomic E-state index is 5.80. The maximum Gasteiger partial charge on any atom is 0.145 e. The fourth-order valence-electron chi connectivity index (χ4n) is 1.12. The van der Waals surface area contributed by atoms with Crippen LogP contribution < -0.4 is 4.74 Å². The van der Waals surface area contributed by atoms with Crippen LogP contribution in [0.1, 0.15) is 5.56 Å². The number of fused-ring (bicyclic) bond motifs is 1. The molecule has 0 atom stereocenters. The van der Waals surface area contributed by atoms with Gasteiger partial charge >= 0.3 is 0 Å². The van der Waals surface area contributed by atoms with Gasteiger partial charge in [-0.1, -0.05) is 23.2 Å². The van der Waals surface area contributed by atoms with Crippen molar-refractivity contribution in [2.24, 2.45) is 0 Å².